The number of fused-ring (bicyclic) bond motifs is 3. The summed E-state index contributed by atoms with van der Waals surface area (Å²) < 4.78 is 5.78. The molecule has 4 aliphatic carbocycles. The smallest absolute Gasteiger partial charge is 0.255 e. The molecule has 0 unspecified atom stereocenters. The summed E-state index contributed by atoms with van der Waals surface area (Å²) in [6, 6.07) is 0.937. The third kappa shape index (κ3) is 3.86. The molecular formula is C28H35N3O8. The van der Waals surface area contributed by atoms with Crippen molar-refractivity contribution >= 4 is 17.5 Å². The number of amides is 1. The summed E-state index contributed by atoms with van der Waals surface area (Å²) in [6.45, 7) is 3.42. The molecule has 0 spiro atoms. The topological polar surface area (TPSA) is 174 Å². The average molecular weight is 542 g/mol. The van der Waals surface area contributed by atoms with E-state index in [0.29, 0.717) is 23.9 Å². The molecule has 0 saturated heterocycles. The van der Waals surface area contributed by atoms with E-state index in [9.17, 15) is 34.8 Å². The molecular weight excluding hydrogens is 506 g/mol. The molecule has 210 valence electrons. The van der Waals surface area contributed by atoms with Crippen LogP contribution in [-0.2, 0) is 22.6 Å². The van der Waals surface area contributed by atoms with Crippen LogP contribution in [0.4, 0.5) is 0 Å². The number of benzene rings is 1. The zero-order valence-electron chi connectivity index (χ0n) is 22.5. The second-order valence-corrected chi connectivity index (χ2v) is 11.2. The maximum atomic E-state index is 13.8. The monoisotopic (exact) mass is 541 g/mol. The first-order chi connectivity index (χ1) is 18.4. The molecule has 4 atom stereocenters. The lowest BCUT2D eigenvalue weighted by molar-refractivity contribution is -0.148. The molecule has 5 rings (SSSR count). The maximum Gasteiger partial charge on any atom is 0.255 e. The summed E-state index contributed by atoms with van der Waals surface area (Å²) >= 11 is 0. The highest BCUT2D eigenvalue weighted by atomic mass is 16.5. The molecule has 39 heavy (non-hydrogen) atoms. The molecule has 0 radical (unpaired) electrons. The zero-order valence-corrected chi connectivity index (χ0v) is 22.5. The first-order valence-electron chi connectivity index (χ1n) is 13.2. The van der Waals surface area contributed by atoms with Gasteiger partial charge >= 0.3 is 0 Å². The number of nitrogens with two attached hydrogens (primary N) is 1. The van der Waals surface area contributed by atoms with Crippen LogP contribution in [0.25, 0.3) is 0 Å². The van der Waals surface area contributed by atoms with Crippen LogP contribution in [0.3, 0.4) is 0 Å². The minimum atomic E-state index is -2.66. The molecule has 1 aromatic rings. The van der Waals surface area contributed by atoms with E-state index in [-0.39, 0.29) is 29.7 Å². The molecule has 0 aliphatic heterocycles. The number of ether oxygens (including phenoxy) is 1. The largest absolute Gasteiger partial charge is 0.510 e. The van der Waals surface area contributed by atoms with E-state index in [1.54, 1.807) is 14.1 Å². The highest BCUT2D eigenvalue weighted by Crippen LogP contribution is 2.53. The van der Waals surface area contributed by atoms with Gasteiger partial charge in [-0.25, -0.2) is 0 Å². The van der Waals surface area contributed by atoms with Crippen molar-refractivity contribution in [1.82, 2.24) is 9.80 Å². The van der Waals surface area contributed by atoms with Crippen LogP contribution in [0.2, 0.25) is 0 Å². The Morgan fingerprint density at radius 2 is 1.87 bits per heavy atom. The maximum absolute atomic E-state index is 13.8. The second kappa shape index (κ2) is 9.35. The van der Waals surface area contributed by atoms with Gasteiger partial charge in [-0.2, -0.15) is 0 Å². The van der Waals surface area contributed by atoms with Crippen molar-refractivity contribution in [2.75, 3.05) is 27.7 Å². The van der Waals surface area contributed by atoms with E-state index in [2.05, 4.69) is 11.8 Å². The minimum absolute atomic E-state index is 0.0308. The first-order valence-corrected chi connectivity index (χ1v) is 13.2. The summed E-state index contributed by atoms with van der Waals surface area (Å²) in [5.41, 5.74) is 2.89. The number of aromatic hydroxyl groups is 1. The number of carbonyl (C=O) groups is 3. The molecule has 1 aromatic carbocycles. The van der Waals surface area contributed by atoms with Gasteiger partial charge in [0.1, 0.15) is 28.6 Å². The Morgan fingerprint density at radius 1 is 1.21 bits per heavy atom. The van der Waals surface area contributed by atoms with E-state index in [0.717, 1.165) is 24.9 Å². The van der Waals surface area contributed by atoms with Crippen LogP contribution in [0.1, 0.15) is 47.7 Å². The van der Waals surface area contributed by atoms with Crippen molar-refractivity contribution in [3.63, 3.8) is 0 Å². The number of phenols is 1. The fraction of sp³-hybridized carbons (Fsp3) is 0.536. The van der Waals surface area contributed by atoms with Gasteiger partial charge in [0.2, 0.25) is 5.78 Å². The summed E-state index contributed by atoms with van der Waals surface area (Å²) in [5, 5.41) is 45.0. The lowest BCUT2D eigenvalue weighted by atomic mass is 9.58. The van der Waals surface area contributed by atoms with Gasteiger partial charge in [-0.05, 0) is 58.3 Å². The van der Waals surface area contributed by atoms with Crippen molar-refractivity contribution < 1.29 is 39.5 Å². The molecule has 6 N–H and O–H groups in total. The number of allylic oxidation sites excluding steroid dienone is 1. The van der Waals surface area contributed by atoms with Gasteiger partial charge in [0.15, 0.2) is 11.4 Å². The highest BCUT2D eigenvalue weighted by Gasteiger charge is 2.63. The number of hydrogen-bond donors (Lipinski definition) is 5. The normalized spacial score (nSPS) is 28.5. The van der Waals surface area contributed by atoms with Gasteiger partial charge < -0.3 is 30.9 Å². The number of carbonyl (C=O) groups excluding carboxylic acids is 3. The predicted octanol–water partition coefficient (Wildman–Crippen LogP) is 1.11. The minimum Gasteiger partial charge on any atom is -0.510 e. The standard InChI is InChI=1S/C28H35N3O8/c1-5-31(14-6-7-14)11-13-10-17(32)19-15(24(13)39-4)8-12-9-16-21(30(2)3)23(34)20(27(29)37)26(36)28(16,38)25(35)18(12)22(19)33/h10,12,14,16,21,32,34-35,38H,5-9,11H2,1-4H3,(H2,29,37)/t12-,16-,21-,28-/m0/s1. The first kappa shape index (κ1) is 27.2. The van der Waals surface area contributed by atoms with Crippen LogP contribution >= 0.6 is 0 Å². The van der Waals surface area contributed by atoms with Crippen LogP contribution in [0.5, 0.6) is 11.5 Å². The number of hydrogen-bond acceptors (Lipinski definition) is 10. The number of ketones is 2. The molecule has 1 amide bonds. The van der Waals surface area contributed by atoms with E-state index in [4.69, 9.17) is 10.5 Å². The number of nitrogens with zero attached hydrogens (tertiary/aromatic N) is 2. The number of likely N-dealkylation sites (N-methyl/N-ethyl adjacent to an activating group) is 1. The summed E-state index contributed by atoms with van der Waals surface area (Å²) in [7, 11) is 4.70. The molecule has 0 heterocycles. The highest BCUT2D eigenvalue weighted by molar-refractivity contribution is 6.24. The summed E-state index contributed by atoms with van der Waals surface area (Å²) in [6.07, 6.45) is 2.43. The summed E-state index contributed by atoms with van der Waals surface area (Å²) in [5.74, 6) is -6.22. The third-order valence-electron chi connectivity index (χ3n) is 8.80. The lowest BCUT2D eigenvalue weighted by Gasteiger charge is -2.50. The van der Waals surface area contributed by atoms with E-state index < -0.39 is 58.0 Å². The lowest BCUT2D eigenvalue weighted by Crippen LogP contribution is -2.63. The predicted molar refractivity (Wildman–Crippen MR) is 139 cm³/mol. The number of Topliss-reactive ketones (excluding diaryl/α,β-unsaturated/α-hetero) is 2. The molecule has 4 aliphatic rings. The van der Waals surface area contributed by atoms with Crippen LogP contribution in [-0.4, -0.2) is 93.1 Å². The molecule has 0 bridgehead atoms. The van der Waals surface area contributed by atoms with Crippen molar-refractivity contribution in [2.24, 2.45) is 17.6 Å². The van der Waals surface area contributed by atoms with Gasteiger partial charge in [0, 0.05) is 35.2 Å². The van der Waals surface area contributed by atoms with Crippen LogP contribution < -0.4 is 10.5 Å². The average Bonchev–Trinajstić information content (AvgIpc) is 3.69. The molecule has 11 nitrogen and oxygen atoms in total. The van der Waals surface area contributed by atoms with Crippen molar-refractivity contribution in [1.29, 1.82) is 0 Å². The Hall–Kier alpha value is -3.41. The van der Waals surface area contributed by atoms with Gasteiger partial charge in [-0.15, -0.1) is 0 Å². The van der Waals surface area contributed by atoms with Crippen LogP contribution in [0.15, 0.2) is 28.7 Å². The van der Waals surface area contributed by atoms with E-state index >= 15 is 0 Å². The number of rotatable bonds is 7. The quantitative estimate of drug-likeness (QED) is 0.315. The fourth-order valence-electron chi connectivity index (χ4n) is 6.89. The fourth-order valence-corrected chi connectivity index (χ4v) is 6.89. The molecule has 11 heteroatoms. The summed E-state index contributed by atoms with van der Waals surface area (Å²) in [4.78, 5) is 43.1. The van der Waals surface area contributed by atoms with Crippen LogP contribution in [0, 0.1) is 11.8 Å². The third-order valence-corrected chi connectivity index (χ3v) is 8.80. The van der Waals surface area contributed by atoms with Gasteiger partial charge in [-0.3, -0.25) is 24.2 Å². The SMILES string of the molecule is CCN(Cc1cc(O)c2c(c1OC)C[C@H]1C[C@H]3[C@H](N(C)C)C(O)=C(C(N)=O)C(=O)[C@@]3(O)C(O)=C1C2=O)C1CC1. The van der Waals surface area contributed by atoms with Gasteiger partial charge in [0.05, 0.1) is 18.7 Å². The molecule has 1 fully saturated rings. The second-order valence-electron chi connectivity index (χ2n) is 11.2. The number of aliphatic hydroxyl groups excluding tert-OH is 2. The van der Waals surface area contributed by atoms with Crippen molar-refractivity contribution in [3.05, 3.63) is 45.4 Å². The molecule has 0 aromatic heterocycles. The number of aliphatic hydroxyl groups is 3. The van der Waals surface area contributed by atoms with Crippen molar-refractivity contribution in [3.8, 4) is 11.5 Å². The Labute approximate surface area is 226 Å². The Morgan fingerprint density at radius 3 is 2.41 bits per heavy atom. The van der Waals surface area contributed by atoms with Crippen molar-refractivity contribution in [2.45, 2.75) is 56.8 Å². The number of phenolic OH excluding ortho intramolecular Hbond substituents is 1. The van der Waals surface area contributed by atoms with Gasteiger partial charge in [-0.1, -0.05) is 6.92 Å². The van der Waals surface area contributed by atoms with E-state index in [1.807, 2.05) is 0 Å². The Kier molecular flexibility index (Phi) is 6.52. The molecule has 1 saturated carbocycles. The zero-order chi connectivity index (χ0) is 28.5. The Bertz CT molecular complexity index is 1340. The van der Waals surface area contributed by atoms with E-state index in [1.165, 1.54) is 18.1 Å². The van der Waals surface area contributed by atoms with Gasteiger partial charge in [0.25, 0.3) is 5.91 Å². The number of methoxy groups -OCH3 is 1. The number of primary amides is 1. The Balaban J connectivity index is 1.66.